The summed E-state index contributed by atoms with van der Waals surface area (Å²) in [5.74, 6) is -0.744. The van der Waals surface area contributed by atoms with Gasteiger partial charge in [0.2, 0.25) is 0 Å². The second-order valence-corrected chi connectivity index (χ2v) is 9.23. The van der Waals surface area contributed by atoms with Gasteiger partial charge in [0.25, 0.3) is 0 Å². The molecule has 0 heterocycles. The molecule has 33 heavy (non-hydrogen) atoms. The van der Waals surface area contributed by atoms with Gasteiger partial charge in [0.1, 0.15) is 5.75 Å². The van der Waals surface area contributed by atoms with E-state index in [4.69, 9.17) is 23.3 Å². The van der Waals surface area contributed by atoms with Crippen LogP contribution in [0.3, 0.4) is 0 Å². The fraction of sp³-hybridized carbons (Fsp3) is 0.333. The van der Waals surface area contributed by atoms with Crippen molar-refractivity contribution in [2.24, 2.45) is 5.41 Å². The van der Waals surface area contributed by atoms with E-state index in [0.29, 0.717) is 16.9 Å². The fourth-order valence-electron chi connectivity index (χ4n) is 3.67. The van der Waals surface area contributed by atoms with Crippen LogP contribution in [0.4, 0.5) is 0 Å². The van der Waals surface area contributed by atoms with E-state index in [2.05, 4.69) is 0 Å². The Kier molecular flexibility index (Phi) is 9.41. The van der Waals surface area contributed by atoms with Gasteiger partial charge in [-0.25, -0.2) is 0 Å². The summed E-state index contributed by atoms with van der Waals surface area (Å²) < 4.78 is 38.3. The summed E-state index contributed by atoms with van der Waals surface area (Å²) in [6, 6.07) is 15.9. The highest BCUT2D eigenvalue weighted by atomic mass is 31.2. The van der Waals surface area contributed by atoms with E-state index in [-0.39, 0.29) is 6.42 Å². The first-order chi connectivity index (χ1) is 15.8. The van der Waals surface area contributed by atoms with Gasteiger partial charge >= 0.3 is 19.5 Å². The maximum absolute atomic E-state index is 13.4. The number of hydrogen-bond donors (Lipinski definition) is 0. The molecule has 1 atom stereocenters. The van der Waals surface area contributed by atoms with Crippen LogP contribution in [0.25, 0.3) is 0 Å². The van der Waals surface area contributed by atoms with Gasteiger partial charge in [-0.05, 0) is 23.3 Å². The van der Waals surface area contributed by atoms with Crippen LogP contribution < -0.4 is 4.74 Å². The Balaban J connectivity index is 2.80. The van der Waals surface area contributed by atoms with Crippen molar-refractivity contribution in [3.8, 4) is 5.75 Å². The number of carbonyl (C=O) groups excluding carboxylic acids is 2. The molecule has 0 amide bonds. The highest BCUT2D eigenvalue weighted by molar-refractivity contribution is 7.57. The number of ether oxygens (including phenoxy) is 3. The van der Waals surface area contributed by atoms with Gasteiger partial charge in [-0.3, -0.25) is 14.2 Å². The van der Waals surface area contributed by atoms with Crippen molar-refractivity contribution in [3.63, 3.8) is 0 Å². The zero-order chi connectivity index (χ0) is 24.5. The Bertz CT molecular complexity index is 994. The zero-order valence-electron chi connectivity index (χ0n) is 19.3. The molecule has 0 aliphatic rings. The van der Waals surface area contributed by atoms with Crippen molar-refractivity contribution in [1.29, 1.82) is 0 Å². The molecule has 0 aliphatic heterocycles. The minimum absolute atomic E-state index is 0.0717. The summed E-state index contributed by atoms with van der Waals surface area (Å²) in [4.78, 5) is 26.7. The average molecular weight is 476 g/mol. The lowest BCUT2D eigenvalue weighted by Gasteiger charge is -2.35. The fourth-order valence-corrected chi connectivity index (χ4v) is 4.44. The first kappa shape index (κ1) is 26.3. The van der Waals surface area contributed by atoms with Crippen LogP contribution in [-0.2, 0) is 39.1 Å². The Labute approximate surface area is 194 Å². The van der Waals surface area contributed by atoms with Crippen molar-refractivity contribution in [3.05, 3.63) is 77.6 Å². The van der Waals surface area contributed by atoms with Gasteiger partial charge in [-0.15, -0.1) is 0 Å². The summed E-state index contributed by atoms with van der Waals surface area (Å²) in [5, 5.41) is 0. The highest BCUT2D eigenvalue weighted by Gasteiger charge is 2.54. The summed E-state index contributed by atoms with van der Waals surface area (Å²) >= 11 is 0. The van der Waals surface area contributed by atoms with Gasteiger partial charge in [0, 0.05) is 32.4 Å². The molecule has 2 aromatic carbocycles. The van der Waals surface area contributed by atoms with Gasteiger partial charge in [-0.1, -0.05) is 48.5 Å². The quantitative estimate of drug-likeness (QED) is 0.268. The Hall–Kier alpha value is -2.93. The lowest BCUT2D eigenvalue weighted by atomic mass is 9.68. The summed E-state index contributed by atoms with van der Waals surface area (Å²) in [5.41, 5.74) is -0.604. The first-order valence-electron chi connectivity index (χ1n) is 10.1. The zero-order valence-corrected chi connectivity index (χ0v) is 20.2. The number of methoxy groups -OCH3 is 3. The molecule has 0 radical (unpaired) electrons. The van der Waals surface area contributed by atoms with Crippen LogP contribution in [0.1, 0.15) is 17.0 Å². The molecule has 0 saturated heterocycles. The Morgan fingerprint density at radius 3 is 2.03 bits per heavy atom. The van der Waals surface area contributed by atoms with Crippen molar-refractivity contribution in [1.82, 2.24) is 0 Å². The molecule has 0 bridgehead atoms. The van der Waals surface area contributed by atoms with E-state index in [1.807, 2.05) is 0 Å². The summed E-state index contributed by atoms with van der Waals surface area (Å²) in [6.45, 7) is 0. The third kappa shape index (κ3) is 5.90. The van der Waals surface area contributed by atoms with Gasteiger partial charge in [0.15, 0.2) is 5.41 Å². The summed E-state index contributed by atoms with van der Waals surface area (Å²) in [7, 11) is 2.82. The van der Waals surface area contributed by atoms with Crippen molar-refractivity contribution >= 4 is 19.5 Å². The summed E-state index contributed by atoms with van der Waals surface area (Å²) in [6.07, 6.45) is 1.40. The molecule has 0 fully saturated rings. The molecule has 8 nitrogen and oxygen atoms in total. The molecule has 0 unspecified atom stereocenters. The molecule has 2 rings (SSSR count). The van der Waals surface area contributed by atoms with E-state index >= 15 is 0 Å². The number of carbonyl (C=O) groups is 2. The SMILES string of the molecule is COC(=O)C(Cc1cccc(OC)c1)(C(=O)OC)[C@H](/C=C/P(=O)(OC)OC)c1ccccc1. The predicted molar refractivity (Wildman–Crippen MR) is 123 cm³/mol. The van der Waals surface area contributed by atoms with Crippen LogP contribution in [0.2, 0.25) is 0 Å². The molecule has 2 aromatic rings. The molecular formula is C24H29O8P. The largest absolute Gasteiger partial charge is 0.497 e. The number of allylic oxidation sites excluding steroid dienone is 1. The second-order valence-electron chi connectivity index (χ2n) is 7.12. The monoisotopic (exact) mass is 476 g/mol. The molecule has 0 saturated carbocycles. The van der Waals surface area contributed by atoms with Gasteiger partial charge in [0.05, 0.1) is 21.3 Å². The van der Waals surface area contributed by atoms with Crippen LogP contribution in [0.5, 0.6) is 5.75 Å². The maximum atomic E-state index is 13.4. The molecule has 0 aromatic heterocycles. The first-order valence-corrected chi connectivity index (χ1v) is 11.7. The molecule has 0 aliphatic carbocycles. The van der Waals surface area contributed by atoms with Gasteiger partial charge in [-0.2, -0.15) is 0 Å². The molecule has 178 valence electrons. The number of esters is 2. The standard InChI is InChI=1S/C24H29O8P/c1-28-20-13-9-10-18(16-20)17-24(22(25)29-2,23(26)30-3)21(19-11-7-6-8-12-19)14-15-33(27,31-4)32-5/h6-16,21H,17H2,1-5H3/b15-14+/t21-/m1/s1. The van der Waals surface area contributed by atoms with Crippen molar-refractivity contribution in [2.45, 2.75) is 12.3 Å². The van der Waals surface area contributed by atoms with Crippen LogP contribution in [-0.4, -0.2) is 47.5 Å². The minimum atomic E-state index is -3.60. The lowest BCUT2D eigenvalue weighted by Crippen LogP contribution is -2.47. The highest BCUT2D eigenvalue weighted by Crippen LogP contribution is 2.51. The van der Waals surface area contributed by atoms with E-state index in [1.54, 1.807) is 54.6 Å². The Morgan fingerprint density at radius 1 is 0.909 bits per heavy atom. The second kappa shape index (κ2) is 11.8. The van der Waals surface area contributed by atoms with E-state index in [1.165, 1.54) is 47.4 Å². The molecule has 9 heteroatoms. The third-order valence-corrected chi connectivity index (χ3v) is 6.93. The molecular weight excluding hydrogens is 447 g/mol. The van der Waals surface area contributed by atoms with Crippen LogP contribution in [0, 0.1) is 5.41 Å². The van der Waals surface area contributed by atoms with Crippen LogP contribution >= 0.6 is 7.60 Å². The number of hydrogen-bond acceptors (Lipinski definition) is 8. The van der Waals surface area contributed by atoms with Crippen molar-refractivity contribution < 1.29 is 37.4 Å². The van der Waals surface area contributed by atoms with E-state index < -0.39 is 30.9 Å². The third-order valence-electron chi connectivity index (χ3n) is 5.38. The van der Waals surface area contributed by atoms with Gasteiger partial charge < -0.3 is 23.3 Å². The topological polar surface area (TPSA) is 97.4 Å². The van der Waals surface area contributed by atoms with Crippen LogP contribution in [0.15, 0.2) is 66.5 Å². The smallest absolute Gasteiger partial charge is 0.353 e. The normalized spacial score (nSPS) is 12.9. The predicted octanol–water partition coefficient (Wildman–Crippen LogP) is 4.35. The number of rotatable bonds is 11. The average Bonchev–Trinajstić information content (AvgIpc) is 2.87. The Morgan fingerprint density at radius 2 is 1.52 bits per heavy atom. The van der Waals surface area contributed by atoms with Crippen molar-refractivity contribution in [2.75, 3.05) is 35.5 Å². The maximum Gasteiger partial charge on any atom is 0.353 e. The minimum Gasteiger partial charge on any atom is -0.497 e. The van der Waals surface area contributed by atoms with E-state index in [0.717, 1.165) is 0 Å². The van der Waals surface area contributed by atoms with E-state index in [9.17, 15) is 14.2 Å². The lowest BCUT2D eigenvalue weighted by molar-refractivity contribution is -0.170. The molecule has 0 spiro atoms. The molecule has 0 N–H and O–H groups in total. The number of benzene rings is 2.